The summed E-state index contributed by atoms with van der Waals surface area (Å²) in [6, 6.07) is 5.90. The van der Waals surface area contributed by atoms with Crippen LogP contribution in [0.5, 0.6) is 0 Å². The first-order valence-corrected chi connectivity index (χ1v) is 11.6. The minimum atomic E-state index is -1.22. The van der Waals surface area contributed by atoms with Gasteiger partial charge in [-0.05, 0) is 31.5 Å². The third-order valence-corrected chi connectivity index (χ3v) is 5.84. The number of anilines is 1. The molecule has 190 valence electrons. The van der Waals surface area contributed by atoms with Crippen LogP contribution in [0.3, 0.4) is 0 Å². The Bertz CT molecular complexity index is 1220. The standard InChI is InChI=1S/C25H29N5O6/c1-4-5-11-30-24(35)16-8-6-7-15-18(10-9-17(21(15)16)25(30)36)29-22(33)13(2)27-23(34)19(12-20(26)32)28-14(3)31/h6-10,13,19H,4-5,11-12H2,1-3H3,(H2,26,32)(H,27,34)(H,28,31)(H,29,33)/t13-,19+/m0/s1. The zero-order chi connectivity index (χ0) is 26.6. The topological polar surface area (TPSA) is 168 Å². The molecule has 0 saturated carbocycles. The smallest absolute Gasteiger partial charge is 0.261 e. The molecule has 1 aliphatic heterocycles. The summed E-state index contributed by atoms with van der Waals surface area (Å²) in [6.45, 7) is 4.93. The number of benzene rings is 2. The van der Waals surface area contributed by atoms with E-state index in [1.807, 2.05) is 6.92 Å². The van der Waals surface area contributed by atoms with Gasteiger partial charge in [-0.25, -0.2) is 0 Å². The molecule has 0 aromatic heterocycles. The zero-order valence-corrected chi connectivity index (χ0v) is 20.3. The lowest BCUT2D eigenvalue weighted by atomic mass is 9.93. The number of nitrogens with zero attached hydrogens (tertiary/aromatic N) is 1. The molecule has 36 heavy (non-hydrogen) atoms. The summed E-state index contributed by atoms with van der Waals surface area (Å²) in [7, 11) is 0. The summed E-state index contributed by atoms with van der Waals surface area (Å²) in [4.78, 5) is 75.2. The third-order valence-electron chi connectivity index (χ3n) is 5.84. The number of amides is 6. The number of rotatable bonds is 10. The Morgan fingerprint density at radius 3 is 2.25 bits per heavy atom. The van der Waals surface area contributed by atoms with Crippen LogP contribution >= 0.6 is 0 Å². The highest BCUT2D eigenvalue weighted by atomic mass is 16.2. The molecule has 2 aromatic rings. The van der Waals surface area contributed by atoms with Crippen LogP contribution in [0.1, 0.15) is 60.7 Å². The predicted molar refractivity (Wildman–Crippen MR) is 132 cm³/mol. The van der Waals surface area contributed by atoms with Crippen LogP contribution in [0, 0.1) is 0 Å². The van der Waals surface area contributed by atoms with Gasteiger partial charge in [-0.15, -0.1) is 0 Å². The molecule has 0 fully saturated rings. The fourth-order valence-corrected chi connectivity index (χ4v) is 4.05. The Morgan fingerprint density at radius 2 is 1.64 bits per heavy atom. The average Bonchev–Trinajstić information content (AvgIpc) is 2.82. The van der Waals surface area contributed by atoms with Gasteiger partial charge in [0.05, 0.1) is 6.42 Å². The first-order valence-electron chi connectivity index (χ1n) is 11.6. The maximum absolute atomic E-state index is 13.0. The second-order valence-electron chi connectivity index (χ2n) is 8.65. The molecule has 11 heteroatoms. The SMILES string of the molecule is CCCCN1C(=O)c2cccc3c(NC(=O)[C@H](C)NC(=O)[C@@H](CC(N)=O)NC(C)=O)ccc(c23)C1=O. The van der Waals surface area contributed by atoms with Crippen LogP contribution in [0.25, 0.3) is 10.8 Å². The first kappa shape index (κ1) is 26.3. The number of hydrogen-bond donors (Lipinski definition) is 4. The van der Waals surface area contributed by atoms with Gasteiger partial charge in [-0.1, -0.05) is 25.5 Å². The van der Waals surface area contributed by atoms with Crippen molar-refractivity contribution in [3.8, 4) is 0 Å². The van der Waals surface area contributed by atoms with Crippen molar-refractivity contribution in [1.29, 1.82) is 0 Å². The van der Waals surface area contributed by atoms with Crippen LogP contribution in [-0.4, -0.2) is 59.0 Å². The largest absolute Gasteiger partial charge is 0.370 e. The predicted octanol–water partition coefficient (Wildman–Crippen LogP) is 1.06. The van der Waals surface area contributed by atoms with Gasteiger partial charge in [0.25, 0.3) is 11.8 Å². The highest BCUT2D eigenvalue weighted by molar-refractivity contribution is 6.27. The zero-order valence-electron chi connectivity index (χ0n) is 20.3. The van der Waals surface area contributed by atoms with E-state index in [9.17, 15) is 28.8 Å². The van der Waals surface area contributed by atoms with E-state index in [1.165, 1.54) is 18.7 Å². The highest BCUT2D eigenvalue weighted by Gasteiger charge is 2.33. The number of carbonyl (C=O) groups is 6. The molecule has 2 atom stereocenters. The van der Waals surface area contributed by atoms with E-state index in [2.05, 4.69) is 16.0 Å². The number of nitrogens with two attached hydrogens (primary N) is 1. The lowest BCUT2D eigenvalue weighted by Gasteiger charge is -2.28. The van der Waals surface area contributed by atoms with Gasteiger partial charge in [0.2, 0.25) is 23.6 Å². The third kappa shape index (κ3) is 5.51. The number of primary amides is 1. The highest BCUT2D eigenvalue weighted by Crippen LogP contribution is 2.34. The number of hydrogen-bond acceptors (Lipinski definition) is 6. The molecule has 0 aliphatic carbocycles. The molecule has 0 unspecified atom stereocenters. The summed E-state index contributed by atoms with van der Waals surface area (Å²) in [5.74, 6) is -3.41. The molecule has 6 amide bonds. The molecule has 0 radical (unpaired) electrons. The van der Waals surface area contributed by atoms with Gasteiger partial charge in [-0.2, -0.15) is 0 Å². The Labute approximate surface area is 207 Å². The van der Waals surface area contributed by atoms with E-state index >= 15 is 0 Å². The van der Waals surface area contributed by atoms with Crippen LogP contribution in [0.2, 0.25) is 0 Å². The van der Waals surface area contributed by atoms with Gasteiger partial charge in [0.1, 0.15) is 12.1 Å². The lowest BCUT2D eigenvalue weighted by molar-refractivity contribution is -0.132. The van der Waals surface area contributed by atoms with E-state index < -0.39 is 42.1 Å². The van der Waals surface area contributed by atoms with Crippen LogP contribution < -0.4 is 21.7 Å². The summed E-state index contributed by atoms with van der Waals surface area (Å²) in [5, 5.41) is 8.47. The number of imide groups is 1. The Hall–Kier alpha value is -4.28. The van der Waals surface area contributed by atoms with E-state index in [0.717, 1.165) is 6.42 Å². The van der Waals surface area contributed by atoms with E-state index in [-0.39, 0.29) is 11.8 Å². The molecule has 2 aromatic carbocycles. The van der Waals surface area contributed by atoms with E-state index in [0.29, 0.717) is 40.6 Å². The molecule has 5 N–H and O–H groups in total. The van der Waals surface area contributed by atoms with Crippen LogP contribution in [-0.2, 0) is 19.2 Å². The second kappa shape index (κ2) is 11.0. The average molecular weight is 496 g/mol. The molecule has 0 saturated heterocycles. The molecule has 1 heterocycles. The normalized spacial score (nSPS) is 14.2. The van der Waals surface area contributed by atoms with Crippen molar-refractivity contribution in [2.24, 2.45) is 5.73 Å². The Morgan fingerprint density at radius 1 is 0.972 bits per heavy atom. The molecule has 11 nitrogen and oxygen atoms in total. The lowest BCUT2D eigenvalue weighted by Crippen LogP contribution is -2.52. The van der Waals surface area contributed by atoms with Gasteiger partial charge in [0.15, 0.2) is 0 Å². The fourth-order valence-electron chi connectivity index (χ4n) is 4.05. The van der Waals surface area contributed by atoms with Gasteiger partial charge >= 0.3 is 0 Å². The van der Waals surface area contributed by atoms with Gasteiger partial charge < -0.3 is 21.7 Å². The minimum Gasteiger partial charge on any atom is -0.370 e. The fraction of sp³-hybridized carbons (Fsp3) is 0.360. The number of nitrogens with one attached hydrogen (secondary N) is 3. The van der Waals surface area contributed by atoms with Crippen molar-refractivity contribution in [1.82, 2.24) is 15.5 Å². The molecule has 0 spiro atoms. The second-order valence-corrected chi connectivity index (χ2v) is 8.65. The van der Waals surface area contributed by atoms with Crippen molar-refractivity contribution < 1.29 is 28.8 Å². The Balaban J connectivity index is 1.83. The van der Waals surface area contributed by atoms with E-state index in [1.54, 1.807) is 30.3 Å². The van der Waals surface area contributed by atoms with Crippen molar-refractivity contribution in [3.05, 3.63) is 41.5 Å². The quantitative estimate of drug-likeness (QED) is 0.359. The molecule has 3 rings (SSSR count). The minimum absolute atomic E-state index is 0.328. The molecule has 0 bridgehead atoms. The summed E-state index contributed by atoms with van der Waals surface area (Å²) >= 11 is 0. The summed E-state index contributed by atoms with van der Waals surface area (Å²) < 4.78 is 0. The van der Waals surface area contributed by atoms with E-state index in [4.69, 9.17) is 5.73 Å². The maximum atomic E-state index is 13.0. The van der Waals surface area contributed by atoms with Gasteiger partial charge in [0, 0.05) is 41.1 Å². The number of unbranched alkanes of at least 4 members (excludes halogenated alkanes) is 1. The maximum Gasteiger partial charge on any atom is 0.261 e. The van der Waals surface area contributed by atoms with Crippen molar-refractivity contribution in [2.75, 3.05) is 11.9 Å². The van der Waals surface area contributed by atoms with Crippen LogP contribution in [0.4, 0.5) is 5.69 Å². The van der Waals surface area contributed by atoms with Crippen molar-refractivity contribution in [2.45, 2.75) is 52.1 Å². The summed E-state index contributed by atoms with van der Waals surface area (Å²) in [5.41, 5.74) is 6.26. The molecular weight excluding hydrogens is 466 g/mol. The monoisotopic (exact) mass is 495 g/mol. The first-order chi connectivity index (χ1) is 17.0. The van der Waals surface area contributed by atoms with Crippen LogP contribution in [0.15, 0.2) is 30.3 Å². The van der Waals surface area contributed by atoms with Gasteiger partial charge in [-0.3, -0.25) is 33.7 Å². The Kier molecular flexibility index (Phi) is 8.03. The number of carbonyl (C=O) groups excluding carboxylic acids is 6. The van der Waals surface area contributed by atoms with Crippen molar-refractivity contribution in [3.63, 3.8) is 0 Å². The van der Waals surface area contributed by atoms with Crippen molar-refractivity contribution >= 4 is 51.9 Å². The molecular formula is C25H29N5O6. The summed E-state index contributed by atoms with van der Waals surface area (Å²) in [6.07, 6.45) is 1.11. The molecule has 1 aliphatic rings.